The van der Waals surface area contributed by atoms with Crippen LogP contribution in [0.4, 0.5) is 0 Å². The number of benzene rings is 2. The van der Waals surface area contributed by atoms with Gasteiger partial charge in [-0.1, -0.05) is 35.3 Å². The van der Waals surface area contributed by atoms with Gasteiger partial charge in [-0.25, -0.2) is 0 Å². The monoisotopic (exact) mass is 308 g/mol. The van der Waals surface area contributed by atoms with Crippen molar-refractivity contribution < 1.29 is 15.0 Å². The zero-order valence-corrected chi connectivity index (χ0v) is 11.7. The van der Waals surface area contributed by atoms with Crippen LogP contribution in [-0.2, 0) is 0 Å². The van der Waals surface area contributed by atoms with Gasteiger partial charge in [-0.15, -0.1) is 0 Å². The molecular formula is C15H10Cl2O3. The summed E-state index contributed by atoms with van der Waals surface area (Å²) >= 11 is 11.7. The summed E-state index contributed by atoms with van der Waals surface area (Å²) in [6.07, 6.45) is 2.84. The fourth-order valence-electron chi connectivity index (χ4n) is 1.60. The third-order valence-corrected chi connectivity index (χ3v) is 3.36. The maximum absolute atomic E-state index is 11.9. The maximum atomic E-state index is 11.9. The Balaban J connectivity index is 2.24. The Bertz CT molecular complexity index is 694. The summed E-state index contributed by atoms with van der Waals surface area (Å²) in [6.45, 7) is 0. The first kappa shape index (κ1) is 14.4. The third-order valence-electron chi connectivity index (χ3n) is 2.62. The highest BCUT2D eigenvalue weighted by Crippen LogP contribution is 2.25. The number of carbonyl (C=O) groups excluding carboxylic acids is 1. The number of allylic oxidation sites excluding steroid dienone is 1. The van der Waals surface area contributed by atoms with E-state index >= 15 is 0 Å². The molecule has 0 heterocycles. The largest absolute Gasteiger partial charge is 0.508 e. The van der Waals surface area contributed by atoms with Crippen molar-refractivity contribution in [2.75, 3.05) is 0 Å². The molecule has 3 nitrogen and oxygen atoms in total. The van der Waals surface area contributed by atoms with E-state index in [1.165, 1.54) is 24.3 Å². The van der Waals surface area contributed by atoms with Crippen LogP contribution >= 0.6 is 23.2 Å². The number of ketones is 1. The lowest BCUT2D eigenvalue weighted by atomic mass is 10.1. The maximum Gasteiger partial charge on any atom is 0.189 e. The Hall–Kier alpha value is -1.97. The molecule has 0 aliphatic rings. The second-order valence-electron chi connectivity index (χ2n) is 4.07. The van der Waals surface area contributed by atoms with E-state index in [9.17, 15) is 15.0 Å². The van der Waals surface area contributed by atoms with Gasteiger partial charge in [-0.3, -0.25) is 4.79 Å². The Kier molecular flexibility index (Phi) is 4.32. The van der Waals surface area contributed by atoms with Crippen LogP contribution in [0.15, 0.2) is 42.5 Å². The van der Waals surface area contributed by atoms with Crippen LogP contribution in [0.3, 0.4) is 0 Å². The van der Waals surface area contributed by atoms with Crippen LogP contribution in [-0.4, -0.2) is 16.0 Å². The highest BCUT2D eigenvalue weighted by molar-refractivity contribution is 6.42. The Labute approximate surface area is 125 Å². The predicted octanol–water partition coefficient (Wildman–Crippen LogP) is 4.30. The molecule has 2 aromatic carbocycles. The van der Waals surface area contributed by atoms with Gasteiger partial charge < -0.3 is 10.2 Å². The van der Waals surface area contributed by atoms with Crippen LogP contribution in [0.1, 0.15) is 15.9 Å². The number of halogens is 2. The molecule has 2 rings (SSSR count). The minimum absolute atomic E-state index is 0.0290. The molecule has 0 bridgehead atoms. The molecule has 0 aliphatic carbocycles. The molecule has 102 valence electrons. The molecule has 20 heavy (non-hydrogen) atoms. The first-order valence-electron chi connectivity index (χ1n) is 5.67. The first-order chi connectivity index (χ1) is 9.47. The van der Waals surface area contributed by atoms with Gasteiger partial charge in [0.1, 0.15) is 11.5 Å². The Morgan fingerprint density at radius 1 is 1.00 bits per heavy atom. The highest BCUT2D eigenvalue weighted by Gasteiger charge is 2.09. The molecule has 0 radical (unpaired) electrons. The van der Waals surface area contributed by atoms with Crippen LogP contribution in [0.25, 0.3) is 6.08 Å². The second-order valence-corrected chi connectivity index (χ2v) is 4.89. The van der Waals surface area contributed by atoms with Gasteiger partial charge >= 0.3 is 0 Å². The van der Waals surface area contributed by atoms with E-state index in [0.29, 0.717) is 15.6 Å². The molecule has 5 heteroatoms. The van der Waals surface area contributed by atoms with E-state index < -0.39 is 5.78 Å². The van der Waals surface area contributed by atoms with Crippen molar-refractivity contribution in [1.29, 1.82) is 0 Å². The van der Waals surface area contributed by atoms with Crippen LogP contribution in [0, 0.1) is 0 Å². The van der Waals surface area contributed by atoms with Crippen molar-refractivity contribution in [1.82, 2.24) is 0 Å². The topological polar surface area (TPSA) is 57.5 Å². The standard InChI is InChI=1S/C15H10Cl2O3/c16-12-4-1-9(7-13(12)17)2-5-14(19)11-8-10(18)3-6-15(11)20/h1-8,18,20H/b5-2+. The van der Waals surface area contributed by atoms with E-state index in [4.69, 9.17) is 23.2 Å². The van der Waals surface area contributed by atoms with Crippen LogP contribution < -0.4 is 0 Å². The van der Waals surface area contributed by atoms with Crippen molar-refractivity contribution in [3.8, 4) is 11.5 Å². The molecule has 0 atom stereocenters. The number of carbonyl (C=O) groups is 1. The van der Waals surface area contributed by atoms with Gasteiger partial charge in [-0.05, 0) is 42.0 Å². The van der Waals surface area contributed by atoms with Crippen molar-refractivity contribution in [2.24, 2.45) is 0 Å². The van der Waals surface area contributed by atoms with Gasteiger partial charge in [0.25, 0.3) is 0 Å². The van der Waals surface area contributed by atoms with Gasteiger partial charge in [0.15, 0.2) is 5.78 Å². The SMILES string of the molecule is O=C(/C=C/c1ccc(Cl)c(Cl)c1)c1cc(O)ccc1O. The summed E-state index contributed by atoms with van der Waals surface area (Å²) in [7, 11) is 0. The average molecular weight is 309 g/mol. The number of aromatic hydroxyl groups is 2. The summed E-state index contributed by atoms with van der Waals surface area (Å²) in [4.78, 5) is 11.9. The van der Waals surface area contributed by atoms with Gasteiger partial charge in [0, 0.05) is 0 Å². The van der Waals surface area contributed by atoms with E-state index in [1.807, 2.05) is 0 Å². The number of rotatable bonds is 3. The first-order valence-corrected chi connectivity index (χ1v) is 6.42. The molecule has 0 aliphatic heterocycles. The second kappa shape index (κ2) is 5.99. The smallest absolute Gasteiger partial charge is 0.189 e. The number of phenolic OH excluding ortho intramolecular Hbond substituents is 2. The summed E-state index contributed by atoms with van der Waals surface area (Å²) in [5.74, 6) is -0.704. The molecule has 0 saturated heterocycles. The van der Waals surface area contributed by atoms with E-state index in [0.717, 1.165) is 0 Å². The molecule has 0 spiro atoms. The number of hydrogen-bond donors (Lipinski definition) is 2. The number of hydrogen-bond acceptors (Lipinski definition) is 3. The zero-order valence-electron chi connectivity index (χ0n) is 10.2. The van der Waals surface area contributed by atoms with Crippen LogP contribution in [0.2, 0.25) is 10.0 Å². The van der Waals surface area contributed by atoms with Crippen LogP contribution in [0.5, 0.6) is 11.5 Å². The van der Waals surface area contributed by atoms with E-state index in [2.05, 4.69) is 0 Å². The fourth-order valence-corrected chi connectivity index (χ4v) is 1.91. The molecule has 0 amide bonds. The minimum atomic E-state index is -0.426. The predicted molar refractivity (Wildman–Crippen MR) is 79.6 cm³/mol. The normalized spacial score (nSPS) is 10.9. The quantitative estimate of drug-likeness (QED) is 0.505. The highest BCUT2D eigenvalue weighted by atomic mass is 35.5. The molecule has 2 aromatic rings. The summed E-state index contributed by atoms with van der Waals surface area (Å²) < 4.78 is 0. The lowest BCUT2D eigenvalue weighted by Gasteiger charge is -2.01. The van der Waals surface area contributed by atoms with Gasteiger partial charge in [0.2, 0.25) is 0 Å². The van der Waals surface area contributed by atoms with E-state index in [-0.39, 0.29) is 17.1 Å². The molecule has 0 aromatic heterocycles. The van der Waals surface area contributed by atoms with Crippen molar-refractivity contribution in [2.45, 2.75) is 0 Å². The van der Waals surface area contributed by atoms with Gasteiger partial charge in [0.05, 0.1) is 15.6 Å². The number of phenols is 2. The Morgan fingerprint density at radius 2 is 1.75 bits per heavy atom. The lowest BCUT2D eigenvalue weighted by molar-refractivity contribution is 0.104. The minimum Gasteiger partial charge on any atom is -0.508 e. The molecule has 0 saturated carbocycles. The Morgan fingerprint density at radius 3 is 2.45 bits per heavy atom. The van der Waals surface area contributed by atoms with Crippen molar-refractivity contribution in [3.63, 3.8) is 0 Å². The van der Waals surface area contributed by atoms with Gasteiger partial charge in [-0.2, -0.15) is 0 Å². The third kappa shape index (κ3) is 3.32. The molecule has 0 fully saturated rings. The molecular weight excluding hydrogens is 299 g/mol. The fraction of sp³-hybridized carbons (Fsp3) is 0. The zero-order chi connectivity index (χ0) is 14.7. The summed E-state index contributed by atoms with van der Waals surface area (Å²) in [5.41, 5.74) is 0.730. The lowest BCUT2D eigenvalue weighted by Crippen LogP contribution is -1.94. The molecule has 0 unspecified atom stereocenters. The van der Waals surface area contributed by atoms with E-state index in [1.54, 1.807) is 24.3 Å². The van der Waals surface area contributed by atoms with Crippen molar-refractivity contribution >= 4 is 35.1 Å². The summed E-state index contributed by atoms with van der Waals surface area (Å²) in [5, 5.41) is 19.7. The average Bonchev–Trinajstić information content (AvgIpc) is 2.42. The molecule has 2 N–H and O–H groups in total. The summed E-state index contributed by atoms with van der Waals surface area (Å²) in [6, 6.07) is 8.72. The van der Waals surface area contributed by atoms with Crippen molar-refractivity contribution in [3.05, 3.63) is 63.6 Å².